The summed E-state index contributed by atoms with van der Waals surface area (Å²) in [7, 11) is 0. The maximum absolute atomic E-state index is 4.69. The Labute approximate surface area is 143 Å². The Balaban J connectivity index is 1.92. The van der Waals surface area contributed by atoms with Crippen molar-refractivity contribution in [2.45, 2.75) is 20.4 Å². The summed E-state index contributed by atoms with van der Waals surface area (Å²) in [5.74, 6) is 0.864. The Kier molecular flexibility index (Phi) is 5.02. The van der Waals surface area contributed by atoms with Gasteiger partial charge in [-0.25, -0.2) is 9.99 Å². The average molecular weight is 315 g/mol. The van der Waals surface area contributed by atoms with E-state index in [1.165, 1.54) is 11.1 Å². The molecular weight excluding hydrogens is 294 g/mol. The third kappa shape index (κ3) is 4.29. The zero-order valence-corrected chi connectivity index (χ0v) is 14.1. The van der Waals surface area contributed by atoms with E-state index in [1.54, 1.807) is 0 Å². The van der Waals surface area contributed by atoms with Crippen molar-refractivity contribution in [1.29, 1.82) is 0 Å². The van der Waals surface area contributed by atoms with Crippen LogP contribution in [0.3, 0.4) is 0 Å². The maximum atomic E-state index is 4.69. The predicted octanol–water partition coefficient (Wildman–Crippen LogP) is 4.74. The summed E-state index contributed by atoms with van der Waals surface area (Å²) >= 11 is 0. The molecule has 0 aliphatic heterocycles. The quantitative estimate of drug-likeness (QED) is 0.502. The van der Waals surface area contributed by atoms with Crippen LogP contribution in [0.1, 0.15) is 22.4 Å². The number of hydrogen-bond donors (Lipinski definition) is 0. The highest BCUT2D eigenvalue weighted by Crippen LogP contribution is 2.18. The zero-order chi connectivity index (χ0) is 16.8. The highest BCUT2D eigenvalue weighted by Gasteiger charge is 2.08. The van der Waals surface area contributed by atoms with Crippen molar-refractivity contribution in [2.75, 3.05) is 5.01 Å². The number of rotatable bonds is 5. The van der Waals surface area contributed by atoms with Crippen molar-refractivity contribution in [3.63, 3.8) is 0 Å². The third-order valence-electron chi connectivity index (χ3n) is 3.67. The van der Waals surface area contributed by atoms with Crippen LogP contribution < -0.4 is 5.01 Å². The van der Waals surface area contributed by atoms with Gasteiger partial charge in [0.05, 0.1) is 12.8 Å². The molecule has 0 aliphatic carbocycles. The van der Waals surface area contributed by atoms with E-state index < -0.39 is 0 Å². The topological polar surface area (TPSA) is 28.5 Å². The van der Waals surface area contributed by atoms with E-state index in [0.29, 0.717) is 6.54 Å². The number of aryl methyl sites for hydroxylation is 2. The molecule has 0 spiro atoms. The molecule has 3 aromatic rings. The van der Waals surface area contributed by atoms with Crippen molar-refractivity contribution in [3.8, 4) is 0 Å². The summed E-state index contributed by atoms with van der Waals surface area (Å²) in [5.41, 5.74) is 4.45. The van der Waals surface area contributed by atoms with Gasteiger partial charge in [0.1, 0.15) is 5.82 Å². The molecule has 1 aromatic heterocycles. The minimum Gasteiger partial charge on any atom is -0.243 e. The number of pyridine rings is 1. The summed E-state index contributed by atoms with van der Waals surface area (Å²) in [6, 6.07) is 24.6. The van der Waals surface area contributed by atoms with Crippen molar-refractivity contribution in [3.05, 3.63) is 95.2 Å². The normalized spacial score (nSPS) is 10.9. The largest absolute Gasteiger partial charge is 0.243 e. The van der Waals surface area contributed by atoms with E-state index in [-0.39, 0.29) is 0 Å². The molecular formula is C21H21N3. The number of aromatic nitrogens is 1. The Morgan fingerprint density at radius 1 is 0.917 bits per heavy atom. The van der Waals surface area contributed by atoms with Gasteiger partial charge in [0.25, 0.3) is 0 Å². The highest BCUT2D eigenvalue weighted by molar-refractivity contribution is 5.80. The molecule has 0 unspecified atom stereocenters. The minimum atomic E-state index is 0.681. The molecule has 3 rings (SSSR count). The van der Waals surface area contributed by atoms with Crippen LogP contribution >= 0.6 is 0 Å². The fraction of sp³-hybridized carbons (Fsp3) is 0.143. The molecule has 2 aromatic carbocycles. The van der Waals surface area contributed by atoms with Crippen LogP contribution in [-0.2, 0) is 6.54 Å². The lowest BCUT2D eigenvalue weighted by molar-refractivity contribution is 0.832. The van der Waals surface area contributed by atoms with E-state index in [9.17, 15) is 0 Å². The molecule has 0 aliphatic rings. The molecule has 24 heavy (non-hydrogen) atoms. The van der Waals surface area contributed by atoms with Gasteiger partial charge in [-0.15, -0.1) is 0 Å². The van der Waals surface area contributed by atoms with Crippen LogP contribution in [0.4, 0.5) is 5.82 Å². The number of hydrazone groups is 1. The van der Waals surface area contributed by atoms with Crippen LogP contribution in [0.15, 0.2) is 77.9 Å². The van der Waals surface area contributed by atoms with E-state index in [4.69, 9.17) is 0 Å². The summed E-state index contributed by atoms with van der Waals surface area (Å²) in [5, 5.41) is 6.63. The molecule has 0 fully saturated rings. The second-order valence-corrected chi connectivity index (χ2v) is 5.84. The molecule has 0 N–H and O–H groups in total. The lowest BCUT2D eigenvalue weighted by Crippen LogP contribution is -2.18. The first kappa shape index (κ1) is 15.9. The first-order valence-electron chi connectivity index (χ1n) is 8.06. The van der Waals surface area contributed by atoms with Crippen LogP contribution in [0.25, 0.3) is 0 Å². The van der Waals surface area contributed by atoms with Crippen LogP contribution in [0, 0.1) is 13.8 Å². The molecule has 1 heterocycles. The Hall–Kier alpha value is -2.94. The molecule has 3 heteroatoms. The Bertz CT molecular complexity index is 791. The second kappa shape index (κ2) is 7.55. The molecule has 0 radical (unpaired) electrons. The lowest BCUT2D eigenvalue weighted by Gasteiger charge is -2.19. The molecule has 0 saturated carbocycles. The number of anilines is 1. The fourth-order valence-corrected chi connectivity index (χ4v) is 2.57. The monoisotopic (exact) mass is 315 g/mol. The van der Waals surface area contributed by atoms with Crippen LogP contribution in [-0.4, -0.2) is 11.2 Å². The Morgan fingerprint density at radius 2 is 1.58 bits per heavy atom. The first-order valence-corrected chi connectivity index (χ1v) is 8.06. The molecule has 0 atom stereocenters. The number of hydrogen-bond acceptors (Lipinski definition) is 3. The maximum Gasteiger partial charge on any atom is 0.149 e. The summed E-state index contributed by atoms with van der Waals surface area (Å²) < 4.78 is 0. The van der Waals surface area contributed by atoms with Gasteiger partial charge in [0.15, 0.2) is 0 Å². The molecule has 120 valence electrons. The summed E-state index contributed by atoms with van der Waals surface area (Å²) in [6.07, 6.45) is 1.88. The van der Waals surface area contributed by atoms with E-state index >= 15 is 0 Å². The molecule has 0 saturated heterocycles. The van der Waals surface area contributed by atoms with Crippen molar-refractivity contribution in [1.82, 2.24) is 4.98 Å². The molecule has 3 nitrogen and oxygen atoms in total. The third-order valence-corrected chi connectivity index (χ3v) is 3.67. The SMILES string of the molecule is Cc1cc(C)nc(N(Cc2ccccc2)/N=C/c2ccccc2)c1. The van der Waals surface area contributed by atoms with Gasteiger partial charge in [0, 0.05) is 5.69 Å². The van der Waals surface area contributed by atoms with E-state index in [1.807, 2.05) is 66.7 Å². The average Bonchev–Trinajstić information content (AvgIpc) is 2.59. The summed E-state index contributed by atoms with van der Waals surface area (Å²) in [6.45, 7) is 4.78. The van der Waals surface area contributed by atoms with Crippen molar-refractivity contribution < 1.29 is 0 Å². The van der Waals surface area contributed by atoms with E-state index in [2.05, 4.69) is 41.3 Å². The van der Waals surface area contributed by atoms with Gasteiger partial charge in [-0.05, 0) is 42.7 Å². The number of nitrogens with zero attached hydrogens (tertiary/aromatic N) is 3. The van der Waals surface area contributed by atoms with Gasteiger partial charge >= 0.3 is 0 Å². The predicted molar refractivity (Wildman–Crippen MR) is 100 cm³/mol. The highest BCUT2D eigenvalue weighted by atomic mass is 15.5. The standard InChI is InChI=1S/C21H21N3/c1-17-13-18(2)23-21(14-17)24(16-20-11-7-4-8-12-20)22-15-19-9-5-3-6-10-19/h3-15H,16H2,1-2H3/b22-15+. The summed E-state index contributed by atoms with van der Waals surface area (Å²) in [4.78, 5) is 4.65. The van der Waals surface area contributed by atoms with Crippen LogP contribution in [0.2, 0.25) is 0 Å². The lowest BCUT2D eigenvalue weighted by atomic mass is 10.2. The van der Waals surface area contributed by atoms with Gasteiger partial charge in [-0.2, -0.15) is 5.10 Å². The zero-order valence-electron chi connectivity index (χ0n) is 14.1. The van der Waals surface area contributed by atoms with E-state index in [0.717, 1.165) is 17.1 Å². The van der Waals surface area contributed by atoms with Gasteiger partial charge < -0.3 is 0 Å². The first-order chi connectivity index (χ1) is 11.7. The van der Waals surface area contributed by atoms with Gasteiger partial charge in [-0.3, -0.25) is 0 Å². The van der Waals surface area contributed by atoms with Crippen molar-refractivity contribution >= 4 is 12.0 Å². The minimum absolute atomic E-state index is 0.681. The Morgan fingerprint density at radius 3 is 2.25 bits per heavy atom. The molecule has 0 amide bonds. The van der Waals surface area contributed by atoms with Crippen molar-refractivity contribution in [2.24, 2.45) is 5.10 Å². The second-order valence-electron chi connectivity index (χ2n) is 5.84. The smallest absolute Gasteiger partial charge is 0.149 e. The van der Waals surface area contributed by atoms with Crippen LogP contribution in [0.5, 0.6) is 0 Å². The fourth-order valence-electron chi connectivity index (χ4n) is 2.57. The van der Waals surface area contributed by atoms with Gasteiger partial charge in [0.2, 0.25) is 0 Å². The van der Waals surface area contributed by atoms with Gasteiger partial charge in [-0.1, -0.05) is 60.7 Å². The molecule has 0 bridgehead atoms. The number of benzene rings is 2.